The van der Waals surface area contributed by atoms with Crippen LogP contribution in [0, 0.1) is 5.92 Å². The van der Waals surface area contributed by atoms with Gasteiger partial charge in [-0.3, -0.25) is 4.79 Å². The highest BCUT2D eigenvalue weighted by Crippen LogP contribution is 2.18. The zero-order chi connectivity index (χ0) is 8.85. The molecule has 1 heterocycles. The number of cyclic esters (lactones) is 1. The molecule has 11 heavy (non-hydrogen) atoms. The van der Waals surface area contributed by atoms with Gasteiger partial charge < -0.3 is 9.84 Å². The van der Waals surface area contributed by atoms with Crippen molar-refractivity contribution in [2.24, 2.45) is 5.92 Å². The van der Waals surface area contributed by atoms with Crippen molar-refractivity contribution in [3.05, 3.63) is 0 Å². The Bertz CT molecular complexity index is 123. The van der Waals surface area contributed by atoms with Crippen molar-refractivity contribution in [2.45, 2.75) is 32.8 Å². The maximum atomic E-state index is 10.8. The van der Waals surface area contributed by atoms with Crippen molar-refractivity contribution in [2.75, 3.05) is 7.11 Å². The molecule has 0 aromatic carbocycles. The van der Waals surface area contributed by atoms with Crippen LogP contribution in [0.15, 0.2) is 0 Å². The van der Waals surface area contributed by atoms with Gasteiger partial charge in [-0.05, 0) is 19.8 Å². The van der Waals surface area contributed by atoms with Crippen molar-refractivity contribution in [3.8, 4) is 0 Å². The predicted molar refractivity (Wildman–Crippen MR) is 42.1 cm³/mol. The lowest BCUT2D eigenvalue weighted by Gasteiger charge is -2.22. The fourth-order valence-electron chi connectivity index (χ4n) is 0.976. The first kappa shape index (κ1) is 10.4. The van der Waals surface area contributed by atoms with E-state index in [0.717, 1.165) is 20.0 Å². The third-order valence-corrected chi connectivity index (χ3v) is 1.73. The Morgan fingerprint density at radius 1 is 1.36 bits per heavy atom. The Balaban J connectivity index is 0.000000461. The molecule has 1 N–H and O–H groups in total. The molecule has 0 spiro atoms. The largest absolute Gasteiger partial charge is 0.462 e. The van der Waals surface area contributed by atoms with Crippen LogP contribution in [0.2, 0.25) is 0 Å². The minimum atomic E-state index is -0.0336. The summed E-state index contributed by atoms with van der Waals surface area (Å²) in [6.45, 7) is 3.85. The zero-order valence-corrected chi connectivity index (χ0v) is 7.33. The molecule has 3 heteroatoms. The minimum Gasteiger partial charge on any atom is -0.462 e. The Labute approximate surface area is 67.4 Å². The van der Waals surface area contributed by atoms with Gasteiger partial charge in [0.1, 0.15) is 0 Å². The van der Waals surface area contributed by atoms with Gasteiger partial charge in [0, 0.05) is 7.11 Å². The lowest BCUT2D eigenvalue weighted by molar-refractivity contribution is -0.158. The van der Waals surface area contributed by atoms with Crippen LogP contribution in [0.4, 0.5) is 0 Å². The van der Waals surface area contributed by atoms with E-state index in [1.54, 1.807) is 0 Å². The molecule has 0 saturated carbocycles. The Kier molecular flexibility index (Phi) is 4.86. The zero-order valence-electron chi connectivity index (χ0n) is 7.33. The number of carbonyl (C=O) groups excluding carboxylic acids is 1. The number of carbonyl (C=O) groups is 1. The third kappa shape index (κ3) is 3.37. The van der Waals surface area contributed by atoms with E-state index in [9.17, 15) is 4.79 Å². The fraction of sp³-hybridized carbons (Fsp3) is 0.875. The average molecular weight is 160 g/mol. The van der Waals surface area contributed by atoms with E-state index in [1.165, 1.54) is 0 Å². The van der Waals surface area contributed by atoms with Gasteiger partial charge in [0.05, 0.1) is 12.0 Å². The molecule has 1 aliphatic heterocycles. The summed E-state index contributed by atoms with van der Waals surface area (Å²) in [5.74, 6) is 0.0925. The maximum absolute atomic E-state index is 10.8. The molecular formula is C8H16O3. The van der Waals surface area contributed by atoms with E-state index in [4.69, 9.17) is 9.84 Å². The topological polar surface area (TPSA) is 46.5 Å². The monoisotopic (exact) mass is 160 g/mol. The number of esters is 1. The molecule has 3 nitrogen and oxygen atoms in total. The molecule has 0 radical (unpaired) electrons. The van der Waals surface area contributed by atoms with Gasteiger partial charge in [-0.15, -0.1) is 0 Å². The van der Waals surface area contributed by atoms with Crippen molar-refractivity contribution in [1.29, 1.82) is 0 Å². The van der Waals surface area contributed by atoms with Crippen LogP contribution >= 0.6 is 0 Å². The molecule has 1 rings (SSSR count). The second-order valence-corrected chi connectivity index (χ2v) is 2.73. The first-order valence-corrected chi connectivity index (χ1v) is 3.85. The highest BCUT2D eigenvalue weighted by atomic mass is 16.5. The second-order valence-electron chi connectivity index (χ2n) is 2.73. The van der Waals surface area contributed by atoms with Crippen molar-refractivity contribution < 1.29 is 14.6 Å². The SMILES string of the molecule is CC1CCC(C)C(=O)O1.CO. The highest BCUT2D eigenvalue weighted by Gasteiger charge is 2.23. The van der Waals surface area contributed by atoms with E-state index >= 15 is 0 Å². The molecule has 0 aromatic heterocycles. The van der Waals surface area contributed by atoms with Crippen LogP contribution in [0.3, 0.4) is 0 Å². The van der Waals surface area contributed by atoms with E-state index < -0.39 is 0 Å². The molecule has 0 amide bonds. The fourth-order valence-corrected chi connectivity index (χ4v) is 0.976. The number of aliphatic hydroxyl groups excluding tert-OH is 1. The van der Waals surface area contributed by atoms with Gasteiger partial charge in [0.15, 0.2) is 0 Å². The number of rotatable bonds is 0. The molecule has 1 fully saturated rings. The summed E-state index contributed by atoms with van der Waals surface area (Å²) in [5.41, 5.74) is 0. The summed E-state index contributed by atoms with van der Waals surface area (Å²) in [6.07, 6.45) is 2.15. The van der Waals surface area contributed by atoms with Crippen LogP contribution in [-0.2, 0) is 9.53 Å². The number of hydrogen-bond acceptors (Lipinski definition) is 3. The summed E-state index contributed by atoms with van der Waals surface area (Å²) in [4.78, 5) is 10.8. The van der Waals surface area contributed by atoms with Crippen LogP contribution in [0.1, 0.15) is 26.7 Å². The second kappa shape index (κ2) is 5.13. The Morgan fingerprint density at radius 3 is 2.27 bits per heavy atom. The van der Waals surface area contributed by atoms with E-state index in [-0.39, 0.29) is 18.0 Å². The molecular weight excluding hydrogens is 144 g/mol. The summed E-state index contributed by atoms with van der Waals surface area (Å²) in [5, 5.41) is 7.00. The first-order chi connectivity index (χ1) is 5.20. The van der Waals surface area contributed by atoms with Gasteiger partial charge >= 0.3 is 5.97 Å². The number of hydrogen-bond donors (Lipinski definition) is 1. The predicted octanol–water partition coefficient (Wildman–Crippen LogP) is 0.956. The van der Waals surface area contributed by atoms with Gasteiger partial charge in [-0.2, -0.15) is 0 Å². The third-order valence-electron chi connectivity index (χ3n) is 1.73. The van der Waals surface area contributed by atoms with Crippen LogP contribution in [0.5, 0.6) is 0 Å². The van der Waals surface area contributed by atoms with Gasteiger partial charge in [0.25, 0.3) is 0 Å². The lowest BCUT2D eigenvalue weighted by atomic mass is 10.0. The number of aliphatic hydroxyl groups is 1. The summed E-state index contributed by atoms with van der Waals surface area (Å²) in [7, 11) is 1.00. The normalized spacial score (nSPS) is 30.0. The van der Waals surface area contributed by atoms with Crippen molar-refractivity contribution in [3.63, 3.8) is 0 Å². The van der Waals surface area contributed by atoms with Crippen LogP contribution in [-0.4, -0.2) is 24.3 Å². The average Bonchev–Trinajstić information content (AvgIpc) is 2.02. The Hall–Kier alpha value is -0.570. The summed E-state index contributed by atoms with van der Waals surface area (Å²) < 4.78 is 4.96. The molecule has 1 aliphatic rings. The highest BCUT2D eigenvalue weighted by molar-refractivity contribution is 5.72. The molecule has 0 aromatic rings. The van der Waals surface area contributed by atoms with E-state index in [2.05, 4.69) is 0 Å². The molecule has 0 aliphatic carbocycles. The van der Waals surface area contributed by atoms with Crippen LogP contribution < -0.4 is 0 Å². The molecule has 2 unspecified atom stereocenters. The molecule has 1 saturated heterocycles. The molecule has 2 atom stereocenters. The van der Waals surface area contributed by atoms with Crippen molar-refractivity contribution in [1.82, 2.24) is 0 Å². The van der Waals surface area contributed by atoms with Crippen molar-refractivity contribution >= 4 is 5.97 Å². The molecule has 66 valence electrons. The maximum Gasteiger partial charge on any atom is 0.308 e. The quantitative estimate of drug-likeness (QED) is 0.537. The first-order valence-electron chi connectivity index (χ1n) is 3.85. The van der Waals surface area contributed by atoms with Gasteiger partial charge in [-0.1, -0.05) is 6.92 Å². The van der Waals surface area contributed by atoms with Gasteiger partial charge in [0.2, 0.25) is 0 Å². The Morgan fingerprint density at radius 2 is 1.91 bits per heavy atom. The standard InChI is InChI=1S/C7H12O2.CH4O/c1-5-3-4-6(2)9-7(5)8;1-2/h5-6H,3-4H2,1-2H3;2H,1H3. The summed E-state index contributed by atoms with van der Waals surface area (Å²) >= 11 is 0. The van der Waals surface area contributed by atoms with Gasteiger partial charge in [-0.25, -0.2) is 0 Å². The van der Waals surface area contributed by atoms with E-state index in [1.807, 2.05) is 13.8 Å². The van der Waals surface area contributed by atoms with E-state index in [0.29, 0.717) is 0 Å². The lowest BCUT2D eigenvalue weighted by Crippen LogP contribution is -2.27. The molecule has 0 bridgehead atoms. The van der Waals surface area contributed by atoms with Crippen LogP contribution in [0.25, 0.3) is 0 Å². The minimum absolute atomic E-state index is 0.0336. The summed E-state index contributed by atoms with van der Waals surface area (Å²) in [6, 6.07) is 0. The smallest absolute Gasteiger partial charge is 0.308 e. The number of ether oxygens (including phenoxy) is 1.